The average molecular weight is 214 g/mol. The van der Waals surface area contributed by atoms with E-state index in [0.717, 1.165) is 11.8 Å². The highest BCUT2D eigenvalue weighted by atomic mass is 14.5. The fraction of sp³-hybridized carbons (Fsp3) is 0.625. The first-order valence-corrected chi connectivity index (χ1v) is 6.72. The first-order valence-electron chi connectivity index (χ1n) is 6.72. The van der Waals surface area contributed by atoms with E-state index in [1.165, 1.54) is 31.2 Å². The molecule has 1 fully saturated rings. The van der Waals surface area contributed by atoms with Gasteiger partial charge in [0.1, 0.15) is 0 Å². The van der Waals surface area contributed by atoms with Gasteiger partial charge < -0.3 is 0 Å². The Bertz CT molecular complexity index is 414. The van der Waals surface area contributed by atoms with E-state index < -0.39 is 0 Å². The maximum absolute atomic E-state index is 2.46. The summed E-state index contributed by atoms with van der Waals surface area (Å²) in [6, 6.07) is 7.14. The van der Waals surface area contributed by atoms with E-state index in [0.29, 0.717) is 5.41 Å². The lowest BCUT2D eigenvalue weighted by Gasteiger charge is -2.34. The third kappa shape index (κ3) is 1.28. The first kappa shape index (κ1) is 10.4. The van der Waals surface area contributed by atoms with Crippen molar-refractivity contribution in [3.8, 4) is 0 Å². The van der Waals surface area contributed by atoms with Crippen molar-refractivity contribution in [2.75, 3.05) is 0 Å². The van der Waals surface area contributed by atoms with Gasteiger partial charge in [0.2, 0.25) is 0 Å². The first-order chi connectivity index (χ1) is 7.60. The van der Waals surface area contributed by atoms with Crippen molar-refractivity contribution < 1.29 is 0 Å². The van der Waals surface area contributed by atoms with Crippen LogP contribution in [0.15, 0.2) is 18.2 Å². The second-order valence-electron chi connectivity index (χ2n) is 6.31. The Labute approximate surface area is 99.1 Å². The highest BCUT2D eigenvalue weighted by Crippen LogP contribution is 2.56. The van der Waals surface area contributed by atoms with E-state index in [1.54, 1.807) is 11.1 Å². The molecule has 2 unspecified atom stereocenters. The summed E-state index contributed by atoms with van der Waals surface area (Å²) in [6.45, 7) is 7.14. The molecular formula is C16H22. The lowest BCUT2D eigenvalue weighted by atomic mass is 9.70. The van der Waals surface area contributed by atoms with Crippen molar-refractivity contribution in [2.24, 2.45) is 5.92 Å². The molecule has 0 spiro atoms. The summed E-state index contributed by atoms with van der Waals surface area (Å²) in [7, 11) is 0. The van der Waals surface area contributed by atoms with Crippen molar-refractivity contribution in [3.63, 3.8) is 0 Å². The second kappa shape index (κ2) is 3.35. The predicted molar refractivity (Wildman–Crippen MR) is 68.9 cm³/mol. The molecule has 0 N–H and O–H groups in total. The molecule has 16 heavy (non-hydrogen) atoms. The molecule has 86 valence electrons. The standard InChI is InChI=1S/C16H22/c1-11-8-9-13-12-6-4-5-7-14(12)16(2,3)15(13)10-11/h8-10,12,14H,4-7H2,1-3H3. The third-order valence-corrected chi connectivity index (χ3v) is 5.00. The molecule has 2 aliphatic carbocycles. The zero-order chi connectivity index (χ0) is 11.3. The molecule has 0 aromatic heterocycles. The van der Waals surface area contributed by atoms with Crippen LogP contribution in [0.2, 0.25) is 0 Å². The third-order valence-electron chi connectivity index (χ3n) is 5.00. The second-order valence-corrected chi connectivity index (χ2v) is 6.31. The van der Waals surface area contributed by atoms with Crippen LogP contribution in [-0.2, 0) is 5.41 Å². The van der Waals surface area contributed by atoms with Crippen molar-refractivity contribution in [3.05, 3.63) is 34.9 Å². The molecule has 2 aliphatic rings. The number of benzene rings is 1. The molecule has 0 heterocycles. The van der Waals surface area contributed by atoms with Crippen LogP contribution >= 0.6 is 0 Å². The summed E-state index contributed by atoms with van der Waals surface area (Å²) < 4.78 is 0. The van der Waals surface area contributed by atoms with E-state index in [9.17, 15) is 0 Å². The Morgan fingerprint density at radius 1 is 1.12 bits per heavy atom. The number of hydrogen-bond acceptors (Lipinski definition) is 0. The van der Waals surface area contributed by atoms with Crippen LogP contribution in [0.3, 0.4) is 0 Å². The van der Waals surface area contributed by atoms with E-state index in [-0.39, 0.29) is 0 Å². The SMILES string of the molecule is Cc1ccc2c(c1)C(C)(C)C1CCCCC21. The van der Waals surface area contributed by atoms with Crippen molar-refractivity contribution >= 4 is 0 Å². The molecule has 0 nitrogen and oxygen atoms in total. The summed E-state index contributed by atoms with van der Waals surface area (Å²) in [6.07, 6.45) is 5.73. The molecule has 1 aromatic carbocycles. The predicted octanol–water partition coefficient (Wildman–Crippen LogP) is 4.56. The maximum Gasteiger partial charge on any atom is -0.00666 e. The molecule has 1 saturated carbocycles. The Hall–Kier alpha value is -0.780. The van der Waals surface area contributed by atoms with E-state index >= 15 is 0 Å². The molecule has 0 saturated heterocycles. The molecule has 0 radical (unpaired) electrons. The minimum atomic E-state index is 0.409. The van der Waals surface area contributed by atoms with Gasteiger partial charge in [-0.25, -0.2) is 0 Å². The minimum Gasteiger partial charge on any atom is -0.0590 e. The van der Waals surface area contributed by atoms with Gasteiger partial charge in [-0.1, -0.05) is 50.5 Å². The Morgan fingerprint density at radius 3 is 2.69 bits per heavy atom. The number of rotatable bonds is 0. The average Bonchev–Trinajstić information content (AvgIpc) is 2.49. The molecule has 0 bridgehead atoms. The van der Waals surface area contributed by atoms with Gasteiger partial charge in [0.05, 0.1) is 0 Å². The van der Waals surface area contributed by atoms with Crippen LogP contribution < -0.4 is 0 Å². The molecule has 2 atom stereocenters. The lowest BCUT2D eigenvalue weighted by molar-refractivity contribution is 0.233. The van der Waals surface area contributed by atoms with Gasteiger partial charge in [-0.05, 0) is 48.1 Å². The summed E-state index contributed by atoms with van der Waals surface area (Å²) in [4.78, 5) is 0. The smallest absolute Gasteiger partial charge is 0.00666 e. The van der Waals surface area contributed by atoms with E-state index in [2.05, 4.69) is 39.0 Å². The zero-order valence-electron chi connectivity index (χ0n) is 10.7. The quantitative estimate of drug-likeness (QED) is 0.594. The summed E-state index contributed by atoms with van der Waals surface area (Å²) >= 11 is 0. The van der Waals surface area contributed by atoms with Crippen LogP contribution in [0.25, 0.3) is 0 Å². The van der Waals surface area contributed by atoms with Crippen LogP contribution in [0.4, 0.5) is 0 Å². The zero-order valence-corrected chi connectivity index (χ0v) is 10.7. The molecule has 0 amide bonds. The topological polar surface area (TPSA) is 0 Å². The van der Waals surface area contributed by atoms with Crippen molar-refractivity contribution in [2.45, 2.75) is 57.8 Å². The lowest BCUT2D eigenvalue weighted by Crippen LogP contribution is -2.28. The fourth-order valence-corrected chi connectivity index (χ4v) is 4.12. The highest BCUT2D eigenvalue weighted by Gasteiger charge is 2.46. The summed E-state index contributed by atoms with van der Waals surface area (Å²) in [5, 5.41) is 0. The number of hydrogen-bond donors (Lipinski definition) is 0. The molecule has 0 aliphatic heterocycles. The van der Waals surface area contributed by atoms with Crippen LogP contribution in [-0.4, -0.2) is 0 Å². The Kier molecular flexibility index (Phi) is 2.18. The van der Waals surface area contributed by atoms with Gasteiger partial charge in [-0.2, -0.15) is 0 Å². The minimum absolute atomic E-state index is 0.409. The van der Waals surface area contributed by atoms with Gasteiger partial charge in [-0.15, -0.1) is 0 Å². The normalized spacial score (nSPS) is 30.9. The number of fused-ring (bicyclic) bond motifs is 3. The van der Waals surface area contributed by atoms with E-state index in [1.807, 2.05) is 0 Å². The summed E-state index contributed by atoms with van der Waals surface area (Å²) in [5.74, 6) is 1.76. The Morgan fingerprint density at radius 2 is 1.88 bits per heavy atom. The van der Waals surface area contributed by atoms with Gasteiger partial charge in [0.25, 0.3) is 0 Å². The van der Waals surface area contributed by atoms with Gasteiger partial charge in [0, 0.05) is 0 Å². The maximum atomic E-state index is 2.46. The molecular weight excluding hydrogens is 192 g/mol. The highest BCUT2D eigenvalue weighted by molar-refractivity contribution is 5.45. The van der Waals surface area contributed by atoms with Crippen molar-refractivity contribution in [1.29, 1.82) is 0 Å². The summed E-state index contributed by atoms with van der Waals surface area (Å²) in [5.41, 5.74) is 5.14. The van der Waals surface area contributed by atoms with Gasteiger partial charge in [-0.3, -0.25) is 0 Å². The van der Waals surface area contributed by atoms with Gasteiger partial charge in [0.15, 0.2) is 0 Å². The molecule has 3 rings (SSSR count). The van der Waals surface area contributed by atoms with E-state index in [4.69, 9.17) is 0 Å². The van der Waals surface area contributed by atoms with Crippen molar-refractivity contribution in [1.82, 2.24) is 0 Å². The van der Waals surface area contributed by atoms with Crippen LogP contribution in [0, 0.1) is 12.8 Å². The van der Waals surface area contributed by atoms with Gasteiger partial charge >= 0.3 is 0 Å². The fourth-order valence-electron chi connectivity index (χ4n) is 4.12. The van der Waals surface area contributed by atoms with Crippen LogP contribution in [0.1, 0.15) is 62.1 Å². The van der Waals surface area contributed by atoms with Crippen LogP contribution in [0.5, 0.6) is 0 Å². The Balaban J connectivity index is 2.14. The molecule has 0 heteroatoms. The number of aryl methyl sites for hydroxylation is 1. The largest absolute Gasteiger partial charge is 0.0590 e. The monoisotopic (exact) mass is 214 g/mol. The molecule has 1 aromatic rings.